The number of hydrogen-bond acceptors (Lipinski definition) is 3. The molecule has 3 nitrogen and oxygen atoms in total. The largest absolute Gasteiger partial charge is 0.294 e. The van der Waals surface area contributed by atoms with Crippen LogP contribution in [0, 0.1) is 5.82 Å². The fraction of sp³-hybridized carbons (Fsp3) is 0.0833. The molecule has 0 aliphatic rings. The van der Waals surface area contributed by atoms with Crippen LogP contribution in [0.15, 0.2) is 36.9 Å². The van der Waals surface area contributed by atoms with Gasteiger partial charge in [-0.15, -0.1) is 0 Å². The molecule has 1 heterocycles. The molecule has 0 fully saturated rings. The van der Waals surface area contributed by atoms with Gasteiger partial charge in [-0.3, -0.25) is 4.79 Å². The average molecular weight is 251 g/mol. The molecule has 0 saturated heterocycles. The molecule has 0 N–H and O–H groups in total. The van der Waals surface area contributed by atoms with Crippen molar-refractivity contribution in [1.82, 2.24) is 9.97 Å². The maximum Gasteiger partial charge on any atom is 0.170 e. The van der Waals surface area contributed by atoms with Crippen molar-refractivity contribution in [2.24, 2.45) is 0 Å². The zero-order valence-corrected chi connectivity index (χ0v) is 9.49. The second-order valence-corrected chi connectivity index (χ2v) is 3.88. The van der Waals surface area contributed by atoms with Gasteiger partial charge in [-0.2, -0.15) is 0 Å². The van der Waals surface area contributed by atoms with Crippen LogP contribution in [-0.2, 0) is 6.42 Å². The molecule has 2 rings (SSSR count). The van der Waals surface area contributed by atoms with E-state index in [0.717, 1.165) is 0 Å². The first kappa shape index (κ1) is 11.7. The maximum absolute atomic E-state index is 12.9. The minimum atomic E-state index is -0.495. The minimum absolute atomic E-state index is 0.0135. The Morgan fingerprint density at radius 1 is 1.29 bits per heavy atom. The smallest absolute Gasteiger partial charge is 0.170 e. The molecule has 0 unspecified atom stereocenters. The molecule has 5 heteroatoms. The maximum atomic E-state index is 12.9. The van der Waals surface area contributed by atoms with Crippen LogP contribution < -0.4 is 0 Å². The SMILES string of the molecule is O=C(Cc1ccc(F)c(Cl)c1)c1cncnc1. The van der Waals surface area contributed by atoms with Crippen LogP contribution in [0.25, 0.3) is 0 Å². The van der Waals surface area contributed by atoms with Crippen molar-refractivity contribution in [2.75, 3.05) is 0 Å². The lowest BCUT2D eigenvalue weighted by molar-refractivity contribution is 0.0992. The Labute approximate surface area is 102 Å². The van der Waals surface area contributed by atoms with E-state index in [4.69, 9.17) is 11.6 Å². The molecule has 0 spiro atoms. The molecule has 17 heavy (non-hydrogen) atoms. The topological polar surface area (TPSA) is 42.9 Å². The van der Waals surface area contributed by atoms with Crippen LogP contribution in [0.5, 0.6) is 0 Å². The van der Waals surface area contributed by atoms with Crippen molar-refractivity contribution in [3.05, 3.63) is 58.9 Å². The van der Waals surface area contributed by atoms with E-state index in [-0.39, 0.29) is 17.2 Å². The van der Waals surface area contributed by atoms with Crippen molar-refractivity contribution in [3.63, 3.8) is 0 Å². The first-order valence-corrected chi connectivity index (χ1v) is 5.27. The number of carbonyl (C=O) groups is 1. The molecule has 2 aromatic rings. The summed E-state index contributed by atoms with van der Waals surface area (Å²) < 4.78 is 12.9. The lowest BCUT2D eigenvalue weighted by Gasteiger charge is -2.02. The van der Waals surface area contributed by atoms with E-state index in [1.807, 2.05) is 0 Å². The van der Waals surface area contributed by atoms with E-state index in [0.29, 0.717) is 11.1 Å². The molecular formula is C12H8ClFN2O. The fourth-order valence-corrected chi connectivity index (χ4v) is 1.58. The van der Waals surface area contributed by atoms with Crippen molar-refractivity contribution in [1.29, 1.82) is 0 Å². The molecule has 0 saturated carbocycles. The van der Waals surface area contributed by atoms with Crippen LogP contribution in [0.4, 0.5) is 4.39 Å². The Kier molecular flexibility index (Phi) is 3.44. The number of Topliss-reactive ketones (excluding diaryl/α,β-unsaturated/α-hetero) is 1. The quantitative estimate of drug-likeness (QED) is 0.787. The molecule has 0 atom stereocenters. The number of rotatable bonds is 3. The zero-order valence-electron chi connectivity index (χ0n) is 8.73. The van der Waals surface area contributed by atoms with E-state index < -0.39 is 5.82 Å². The van der Waals surface area contributed by atoms with Gasteiger partial charge in [-0.05, 0) is 17.7 Å². The monoisotopic (exact) mass is 250 g/mol. The predicted octanol–water partition coefficient (Wildman–Crippen LogP) is 2.69. The highest BCUT2D eigenvalue weighted by atomic mass is 35.5. The van der Waals surface area contributed by atoms with Gasteiger partial charge >= 0.3 is 0 Å². The summed E-state index contributed by atoms with van der Waals surface area (Å²) in [7, 11) is 0. The van der Waals surface area contributed by atoms with E-state index in [2.05, 4.69) is 9.97 Å². The molecule has 0 aliphatic heterocycles. The Bertz CT molecular complexity index is 545. The van der Waals surface area contributed by atoms with Crippen LogP contribution in [0.3, 0.4) is 0 Å². The summed E-state index contributed by atoms with van der Waals surface area (Å²) in [4.78, 5) is 19.3. The van der Waals surface area contributed by atoms with Crippen molar-refractivity contribution < 1.29 is 9.18 Å². The first-order chi connectivity index (χ1) is 8.16. The normalized spacial score (nSPS) is 10.2. The molecular weight excluding hydrogens is 243 g/mol. The highest BCUT2D eigenvalue weighted by Gasteiger charge is 2.09. The average Bonchev–Trinajstić information content (AvgIpc) is 2.35. The van der Waals surface area contributed by atoms with E-state index in [1.54, 1.807) is 0 Å². The lowest BCUT2D eigenvalue weighted by atomic mass is 10.1. The second-order valence-electron chi connectivity index (χ2n) is 3.48. The number of carbonyl (C=O) groups excluding carboxylic acids is 1. The van der Waals surface area contributed by atoms with Gasteiger partial charge in [0, 0.05) is 18.8 Å². The van der Waals surface area contributed by atoms with Crippen LogP contribution in [0.2, 0.25) is 5.02 Å². The number of ketones is 1. The van der Waals surface area contributed by atoms with Crippen molar-refractivity contribution >= 4 is 17.4 Å². The van der Waals surface area contributed by atoms with Gasteiger partial charge in [0.05, 0.1) is 10.6 Å². The van der Waals surface area contributed by atoms with Crippen LogP contribution in [-0.4, -0.2) is 15.8 Å². The molecule has 0 aliphatic carbocycles. The van der Waals surface area contributed by atoms with Gasteiger partial charge in [-0.25, -0.2) is 14.4 Å². The standard InChI is InChI=1S/C12H8ClFN2O/c13-10-3-8(1-2-11(10)14)4-12(17)9-5-15-7-16-6-9/h1-3,5-7H,4H2. The third kappa shape index (κ3) is 2.85. The Hall–Kier alpha value is -1.81. The van der Waals surface area contributed by atoms with Crippen LogP contribution in [0.1, 0.15) is 15.9 Å². The zero-order chi connectivity index (χ0) is 12.3. The molecule has 0 bridgehead atoms. The summed E-state index contributed by atoms with van der Waals surface area (Å²) in [6, 6.07) is 4.22. The third-order valence-electron chi connectivity index (χ3n) is 2.23. The summed E-state index contributed by atoms with van der Waals surface area (Å²) in [6.45, 7) is 0. The summed E-state index contributed by atoms with van der Waals surface area (Å²) in [5, 5.41) is 0.0135. The van der Waals surface area contributed by atoms with Gasteiger partial charge in [0.2, 0.25) is 0 Å². The molecule has 1 aromatic heterocycles. The van der Waals surface area contributed by atoms with E-state index in [9.17, 15) is 9.18 Å². The first-order valence-electron chi connectivity index (χ1n) is 4.89. The van der Waals surface area contributed by atoms with E-state index in [1.165, 1.54) is 36.9 Å². The second kappa shape index (κ2) is 5.01. The fourth-order valence-electron chi connectivity index (χ4n) is 1.38. The van der Waals surface area contributed by atoms with Gasteiger partial charge < -0.3 is 0 Å². The van der Waals surface area contributed by atoms with E-state index >= 15 is 0 Å². The Morgan fingerprint density at radius 3 is 2.65 bits per heavy atom. The summed E-state index contributed by atoms with van der Waals surface area (Å²) in [5.41, 5.74) is 1.08. The number of hydrogen-bond donors (Lipinski definition) is 0. The predicted molar refractivity (Wildman–Crippen MR) is 61.5 cm³/mol. The number of benzene rings is 1. The Morgan fingerprint density at radius 2 is 2.00 bits per heavy atom. The molecule has 1 aromatic carbocycles. The van der Waals surface area contributed by atoms with Gasteiger partial charge in [0.25, 0.3) is 0 Å². The van der Waals surface area contributed by atoms with Gasteiger partial charge in [0.1, 0.15) is 12.1 Å². The van der Waals surface area contributed by atoms with Crippen molar-refractivity contribution in [2.45, 2.75) is 6.42 Å². The summed E-state index contributed by atoms with van der Waals surface area (Å²) in [6.07, 6.45) is 4.39. The van der Waals surface area contributed by atoms with Gasteiger partial charge in [-0.1, -0.05) is 17.7 Å². The molecule has 0 radical (unpaired) electrons. The number of nitrogens with zero attached hydrogens (tertiary/aromatic N) is 2. The molecule has 86 valence electrons. The van der Waals surface area contributed by atoms with Gasteiger partial charge in [0.15, 0.2) is 5.78 Å². The highest BCUT2D eigenvalue weighted by Crippen LogP contribution is 2.17. The summed E-state index contributed by atoms with van der Waals surface area (Å²) in [5.74, 6) is -0.626. The number of aromatic nitrogens is 2. The third-order valence-corrected chi connectivity index (χ3v) is 2.52. The number of halogens is 2. The Balaban J connectivity index is 2.16. The van der Waals surface area contributed by atoms with Crippen LogP contribution >= 0.6 is 11.6 Å². The van der Waals surface area contributed by atoms with Crippen molar-refractivity contribution in [3.8, 4) is 0 Å². The summed E-state index contributed by atoms with van der Waals surface area (Å²) >= 11 is 5.63. The minimum Gasteiger partial charge on any atom is -0.294 e. The lowest BCUT2D eigenvalue weighted by Crippen LogP contribution is -2.04. The molecule has 0 amide bonds. The highest BCUT2D eigenvalue weighted by molar-refractivity contribution is 6.30.